The van der Waals surface area contributed by atoms with Crippen molar-refractivity contribution in [2.45, 2.75) is 32.7 Å². The predicted molar refractivity (Wildman–Crippen MR) is 75.1 cm³/mol. The molecule has 0 saturated carbocycles. The van der Waals surface area contributed by atoms with Crippen molar-refractivity contribution >= 4 is 0 Å². The fourth-order valence-electron chi connectivity index (χ4n) is 2.05. The molecule has 0 radical (unpaired) electrons. The average Bonchev–Trinajstić information content (AvgIpc) is 3.13. The zero-order valence-electron chi connectivity index (χ0n) is 12.1. The molecular formula is C14H22N4O2. The van der Waals surface area contributed by atoms with Crippen LogP contribution in [0.2, 0.25) is 0 Å². The lowest BCUT2D eigenvalue weighted by molar-refractivity contribution is 0.277. The summed E-state index contributed by atoms with van der Waals surface area (Å²) in [5.41, 5.74) is 6.11. The van der Waals surface area contributed by atoms with Crippen LogP contribution in [0.25, 0.3) is 0 Å². The van der Waals surface area contributed by atoms with Crippen molar-refractivity contribution < 1.29 is 8.94 Å². The van der Waals surface area contributed by atoms with Gasteiger partial charge in [0.15, 0.2) is 5.82 Å². The van der Waals surface area contributed by atoms with Crippen molar-refractivity contribution in [1.82, 2.24) is 15.0 Å². The standard InChI is InChI=1S/C14H22N4O2/c1-3-18(4-2)10-12(15)14-16-13(20-17-14)8-7-11-6-5-9-19-11/h5-6,9,12H,3-4,7-8,10,15H2,1-2H3. The molecule has 1 unspecified atom stereocenters. The quantitative estimate of drug-likeness (QED) is 0.792. The fraction of sp³-hybridized carbons (Fsp3) is 0.571. The van der Waals surface area contributed by atoms with Crippen LogP contribution < -0.4 is 5.73 Å². The first-order valence-electron chi connectivity index (χ1n) is 7.05. The maximum Gasteiger partial charge on any atom is 0.227 e. The number of aromatic nitrogens is 2. The number of furan rings is 1. The van der Waals surface area contributed by atoms with Crippen molar-refractivity contribution in [2.75, 3.05) is 19.6 Å². The molecule has 2 N–H and O–H groups in total. The molecule has 0 aliphatic heterocycles. The summed E-state index contributed by atoms with van der Waals surface area (Å²) in [6, 6.07) is 3.59. The largest absolute Gasteiger partial charge is 0.469 e. The van der Waals surface area contributed by atoms with E-state index < -0.39 is 0 Å². The van der Waals surface area contributed by atoms with Gasteiger partial charge in [0.25, 0.3) is 0 Å². The van der Waals surface area contributed by atoms with Crippen LogP contribution in [0.1, 0.15) is 37.4 Å². The molecule has 0 aliphatic carbocycles. The van der Waals surface area contributed by atoms with E-state index in [0.717, 1.165) is 31.8 Å². The van der Waals surface area contributed by atoms with Crippen LogP contribution in [0, 0.1) is 0 Å². The fourth-order valence-corrected chi connectivity index (χ4v) is 2.05. The van der Waals surface area contributed by atoms with E-state index in [-0.39, 0.29) is 6.04 Å². The Morgan fingerprint density at radius 2 is 2.10 bits per heavy atom. The zero-order valence-corrected chi connectivity index (χ0v) is 12.1. The number of likely N-dealkylation sites (N-methyl/N-ethyl adjacent to an activating group) is 1. The minimum atomic E-state index is -0.212. The highest BCUT2D eigenvalue weighted by Gasteiger charge is 2.16. The molecule has 20 heavy (non-hydrogen) atoms. The third-order valence-corrected chi connectivity index (χ3v) is 3.33. The summed E-state index contributed by atoms with van der Waals surface area (Å²) in [6.45, 7) is 6.90. The number of hydrogen-bond donors (Lipinski definition) is 1. The van der Waals surface area contributed by atoms with Gasteiger partial charge in [0.2, 0.25) is 5.89 Å². The minimum absolute atomic E-state index is 0.212. The SMILES string of the molecule is CCN(CC)CC(N)c1noc(CCc2ccco2)n1. The molecule has 0 amide bonds. The highest BCUT2D eigenvalue weighted by molar-refractivity contribution is 5.01. The first-order valence-corrected chi connectivity index (χ1v) is 7.05. The molecule has 0 saturated heterocycles. The lowest BCUT2D eigenvalue weighted by atomic mass is 10.2. The van der Waals surface area contributed by atoms with Gasteiger partial charge in [0.05, 0.1) is 12.3 Å². The van der Waals surface area contributed by atoms with Gasteiger partial charge in [-0.3, -0.25) is 0 Å². The molecule has 6 nitrogen and oxygen atoms in total. The van der Waals surface area contributed by atoms with Crippen LogP contribution >= 0.6 is 0 Å². The summed E-state index contributed by atoms with van der Waals surface area (Å²) >= 11 is 0. The molecule has 6 heteroatoms. The van der Waals surface area contributed by atoms with Crippen LogP contribution in [0.3, 0.4) is 0 Å². The summed E-state index contributed by atoms with van der Waals surface area (Å²) in [4.78, 5) is 6.60. The second-order valence-corrected chi connectivity index (χ2v) is 4.72. The van der Waals surface area contributed by atoms with E-state index >= 15 is 0 Å². The highest BCUT2D eigenvalue weighted by atomic mass is 16.5. The normalized spacial score (nSPS) is 13.0. The van der Waals surface area contributed by atoms with Crippen molar-refractivity contribution in [2.24, 2.45) is 5.73 Å². The van der Waals surface area contributed by atoms with E-state index in [2.05, 4.69) is 28.9 Å². The second-order valence-electron chi connectivity index (χ2n) is 4.72. The van der Waals surface area contributed by atoms with Gasteiger partial charge in [-0.1, -0.05) is 19.0 Å². The molecule has 0 aromatic carbocycles. The summed E-state index contributed by atoms with van der Waals surface area (Å²) in [5, 5.41) is 3.97. The Kier molecular flexibility index (Phi) is 5.31. The Morgan fingerprint density at radius 1 is 1.30 bits per heavy atom. The van der Waals surface area contributed by atoms with E-state index in [1.165, 1.54) is 0 Å². The van der Waals surface area contributed by atoms with Crippen LogP contribution in [-0.2, 0) is 12.8 Å². The highest BCUT2D eigenvalue weighted by Crippen LogP contribution is 2.11. The van der Waals surface area contributed by atoms with E-state index in [0.29, 0.717) is 18.1 Å². The lowest BCUT2D eigenvalue weighted by Gasteiger charge is -2.20. The van der Waals surface area contributed by atoms with Crippen molar-refractivity contribution in [1.29, 1.82) is 0 Å². The number of hydrogen-bond acceptors (Lipinski definition) is 6. The van der Waals surface area contributed by atoms with E-state index in [4.69, 9.17) is 14.7 Å². The van der Waals surface area contributed by atoms with E-state index in [9.17, 15) is 0 Å². The van der Waals surface area contributed by atoms with Crippen molar-refractivity contribution in [3.63, 3.8) is 0 Å². The van der Waals surface area contributed by atoms with Gasteiger partial charge in [-0.25, -0.2) is 0 Å². The third kappa shape index (κ3) is 3.91. The number of nitrogens with zero attached hydrogens (tertiary/aromatic N) is 3. The molecule has 0 spiro atoms. The molecule has 1 atom stereocenters. The average molecular weight is 278 g/mol. The van der Waals surface area contributed by atoms with Gasteiger partial charge in [0.1, 0.15) is 5.76 Å². The molecule has 2 rings (SSSR count). The monoisotopic (exact) mass is 278 g/mol. The second kappa shape index (κ2) is 7.21. The Labute approximate surface area is 118 Å². The van der Waals surface area contributed by atoms with Gasteiger partial charge in [-0.15, -0.1) is 0 Å². The van der Waals surface area contributed by atoms with Gasteiger partial charge in [0, 0.05) is 19.4 Å². The Bertz CT molecular complexity index is 491. The summed E-state index contributed by atoms with van der Waals surface area (Å²) in [7, 11) is 0. The number of rotatable bonds is 8. The van der Waals surface area contributed by atoms with Crippen LogP contribution in [0.4, 0.5) is 0 Å². The third-order valence-electron chi connectivity index (χ3n) is 3.33. The van der Waals surface area contributed by atoms with Crippen molar-refractivity contribution in [3.8, 4) is 0 Å². The summed E-state index contributed by atoms with van der Waals surface area (Å²) in [5.74, 6) is 2.09. The summed E-state index contributed by atoms with van der Waals surface area (Å²) < 4.78 is 10.5. The Hall–Kier alpha value is -1.66. The first-order chi connectivity index (χ1) is 9.72. The van der Waals surface area contributed by atoms with Crippen LogP contribution in [0.5, 0.6) is 0 Å². The molecule has 2 aromatic heterocycles. The van der Waals surface area contributed by atoms with E-state index in [1.54, 1.807) is 6.26 Å². The van der Waals surface area contributed by atoms with E-state index in [1.807, 2.05) is 12.1 Å². The molecule has 2 heterocycles. The molecule has 0 aliphatic rings. The number of nitrogens with two attached hydrogens (primary N) is 1. The van der Waals surface area contributed by atoms with Crippen molar-refractivity contribution in [3.05, 3.63) is 35.9 Å². The molecule has 0 fully saturated rings. The minimum Gasteiger partial charge on any atom is -0.469 e. The maximum atomic E-state index is 6.11. The molecular weight excluding hydrogens is 256 g/mol. The van der Waals surface area contributed by atoms with Gasteiger partial charge >= 0.3 is 0 Å². The topological polar surface area (TPSA) is 81.3 Å². The van der Waals surface area contributed by atoms with Crippen LogP contribution in [-0.4, -0.2) is 34.7 Å². The maximum absolute atomic E-state index is 6.11. The summed E-state index contributed by atoms with van der Waals surface area (Å²) in [6.07, 6.45) is 3.08. The first kappa shape index (κ1) is 14.7. The molecule has 0 bridgehead atoms. The van der Waals surface area contributed by atoms with Crippen LogP contribution in [0.15, 0.2) is 27.3 Å². The van der Waals surface area contributed by atoms with Gasteiger partial charge < -0.3 is 19.6 Å². The number of aryl methyl sites for hydroxylation is 2. The smallest absolute Gasteiger partial charge is 0.227 e. The van der Waals surface area contributed by atoms with Gasteiger partial charge in [-0.05, 0) is 25.2 Å². The lowest BCUT2D eigenvalue weighted by Crippen LogP contribution is -2.32. The Morgan fingerprint density at radius 3 is 2.75 bits per heavy atom. The molecule has 2 aromatic rings. The van der Waals surface area contributed by atoms with Gasteiger partial charge in [-0.2, -0.15) is 4.98 Å². The zero-order chi connectivity index (χ0) is 14.4. The predicted octanol–water partition coefficient (Wildman–Crippen LogP) is 1.79. The Balaban J connectivity index is 1.87. The molecule has 110 valence electrons.